The number of ether oxygens (including phenoxy) is 1. The zero-order valence-corrected chi connectivity index (χ0v) is 11.9. The van der Waals surface area contributed by atoms with Crippen LogP contribution in [0.4, 0.5) is 4.39 Å². The van der Waals surface area contributed by atoms with Crippen LogP contribution >= 0.6 is 0 Å². The maximum atomic E-state index is 13.5. The lowest BCUT2D eigenvalue weighted by Gasteiger charge is -2.10. The summed E-state index contributed by atoms with van der Waals surface area (Å²) in [6.07, 6.45) is 0.454. The van der Waals surface area contributed by atoms with E-state index in [0.29, 0.717) is 36.4 Å². The smallest absolute Gasteiger partial charge is 0.255 e. The Morgan fingerprint density at radius 1 is 1.14 bits per heavy atom. The Labute approximate surface area is 123 Å². The fourth-order valence-corrected chi connectivity index (χ4v) is 2.04. The summed E-state index contributed by atoms with van der Waals surface area (Å²) in [6, 6.07) is 13.6. The predicted molar refractivity (Wildman–Crippen MR) is 80.0 cm³/mol. The third-order valence-electron chi connectivity index (χ3n) is 3.07. The van der Waals surface area contributed by atoms with Gasteiger partial charge in [0.2, 0.25) is 0 Å². The Bertz CT molecular complexity index is 613. The first-order valence-electron chi connectivity index (χ1n) is 6.95. The van der Waals surface area contributed by atoms with E-state index in [0.717, 1.165) is 0 Å². The van der Waals surface area contributed by atoms with Gasteiger partial charge in [-0.2, -0.15) is 0 Å². The van der Waals surface area contributed by atoms with Gasteiger partial charge in [0.1, 0.15) is 11.6 Å². The number of nitrogens with one attached hydrogen (secondary N) is 1. The molecule has 1 amide bonds. The van der Waals surface area contributed by atoms with E-state index in [1.165, 1.54) is 6.07 Å². The first-order chi connectivity index (χ1) is 10.2. The second kappa shape index (κ2) is 7.43. The highest BCUT2D eigenvalue weighted by molar-refractivity contribution is 5.96. The molecule has 3 nitrogen and oxygen atoms in total. The van der Waals surface area contributed by atoms with Gasteiger partial charge in [0.05, 0.1) is 12.2 Å². The van der Waals surface area contributed by atoms with Gasteiger partial charge in [-0.25, -0.2) is 4.39 Å². The molecule has 110 valence electrons. The Kier molecular flexibility index (Phi) is 5.32. The molecule has 0 atom stereocenters. The third-order valence-corrected chi connectivity index (χ3v) is 3.07. The number of hydrogen-bond acceptors (Lipinski definition) is 2. The molecule has 0 heterocycles. The van der Waals surface area contributed by atoms with E-state index in [1.54, 1.807) is 36.4 Å². The molecule has 2 aromatic carbocycles. The van der Waals surface area contributed by atoms with Crippen LogP contribution in [0.1, 0.15) is 22.8 Å². The molecule has 2 rings (SSSR count). The van der Waals surface area contributed by atoms with E-state index >= 15 is 0 Å². The van der Waals surface area contributed by atoms with Crippen molar-refractivity contribution in [3.63, 3.8) is 0 Å². The molecule has 0 bridgehead atoms. The molecule has 0 unspecified atom stereocenters. The lowest BCUT2D eigenvalue weighted by Crippen LogP contribution is -2.26. The second-order valence-corrected chi connectivity index (χ2v) is 4.53. The summed E-state index contributed by atoms with van der Waals surface area (Å²) in [5.74, 6) is 0.0975. The zero-order chi connectivity index (χ0) is 15.1. The maximum Gasteiger partial charge on any atom is 0.255 e. The van der Waals surface area contributed by atoms with Gasteiger partial charge in [0, 0.05) is 6.54 Å². The summed E-state index contributed by atoms with van der Waals surface area (Å²) in [4.78, 5) is 12.1. The molecule has 0 saturated heterocycles. The Hall–Kier alpha value is -2.36. The summed E-state index contributed by atoms with van der Waals surface area (Å²) in [7, 11) is 0. The van der Waals surface area contributed by atoms with E-state index in [9.17, 15) is 9.18 Å². The van der Waals surface area contributed by atoms with Crippen LogP contribution in [0.25, 0.3) is 0 Å². The number of carbonyl (C=O) groups excluding carboxylic acids is 1. The maximum absolute atomic E-state index is 13.5. The van der Waals surface area contributed by atoms with E-state index in [2.05, 4.69) is 5.32 Å². The van der Waals surface area contributed by atoms with Crippen LogP contribution in [0.5, 0.6) is 5.75 Å². The van der Waals surface area contributed by atoms with Gasteiger partial charge in [-0.05, 0) is 37.1 Å². The monoisotopic (exact) mass is 287 g/mol. The van der Waals surface area contributed by atoms with E-state index in [1.807, 2.05) is 13.0 Å². The van der Waals surface area contributed by atoms with Gasteiger partial charge in [-0.1, -0.05) is 30.3 Å². The highest BCUT2D eigenvalue weighted by Gasteiger charge is 2.11. The van der Waals surface area contributed by atoms with Gasteiger partial charge in [-0.15, -0.1) is 0 Å². The average Bonchev–Trinajstić information content (AvgIpc) is 2.50. The molecule has 0 aliphatic rings. The van der Waals surface area contributed by atoms with Gasteiger partial charge in [0.15, 0.2) is 0 Å². The van der Waals surface area contributed by atoms with Crippen molar-refractivity contribution in [2.24, 2.45) is 0 Å². The van der Waals surface area contributed by atoms with Crippen LogP contribution in [0.2, 0.25) is 0 Å². The van der Waals surface area contributed by atoms with Crippen LogP contribution < -0.4 is 10.1 Å². The topological polar surface area (TPSA) is 38.3 Å². The van der Waals surface area contributed by atoms with Gasteiger partial charge in [-0.3, -0.25) is 4.79 Å². The number of hydrogen-bond donors (Lipinski definition) is 1. The highest BCUT2D eigenvalue weighted by atomic mass is 19.1. The number of carbonyl (C=O) groups is 1. The van der Waals surface area contributed by atoms with Crippen LogP contribution in [0.3, 0.4) is 0 Å². The molecule has 21 heavy (non-hydrogen) atoms. The first-order valence-corrected chi connectivity index (χ1v) is 6.95. The van der Waals surface area contributed by atoms with Crippen molar-refractivity contribution < 1.29 is 13.9 Å². The first kappa shape index (κ1) is 15.0. The van der Waals surface area contributed by atoms with Crippen LogP contribution in [-0.4, -0.2) is 19.1 Å². The molecule has 0 aliphatic heterocycles. The van der Waals surface area contributed by atoms with Crippen molar-refractivity contribution in [1.29, 1.82) is 0 Å². The molecule has 0 saturated carbocycles. The van der Waals surface area contributed by atoms with Gasteiger partial charge in [0.25, 0.3) is 5.91 Å². The Morgan fingerprint density at radius 2 is 1.86 bits per heavy atom. The number of halogens is 1. The minimum Gasteiger partial charge on any atom is -0.493 e. The van der Waals surface area contributed by atoms with Crippen molar-refractivity contribution in [3.05, 3.63) is 65.5 Å². The molecular weight excluding hydrogens is 269 g/mol. The Morgan fingerprint density at radius 3 is 2.62 bits per heavy atom. The number of rotatable bonds is 6. The van der Waals surface area contributed by atoms with Crippen molar-refractivity contribution in [1.82, 2.24) is 5.32 Å². The summed E-state index contributed by atoms with van der Waals surface area (Å²) >= 11 is 0. The summed E-state index contributed by atoms with van der Waals surface area (Å²) < 4.78 is 18.9. The lowest BCUT2D eigenvalue weighted by atomic mass is 10.1. The van der Waals surface area contributed by atoms with Crippen molar-refractivity contribution >= 4 is 5.91 Å². The summed E-state index contributed by atoms with van der Waals surface area (Å²) in [6.45, 7) is 2.74. The molecule has 0 fully saturated rings. The minimum absolute atomic E-state index is 0.213. The van der Waals surface area contributed by atoms with E-state index < -0.39 is 0 Å². The molecule has 1 N–H and O–H groups in total. The number of benzene rings is 2. The highest BCUT2D eigenvalue weighted by Crippen LogP contribution is 2.17. The molecule has 0 radical (unpaired) electrons. The Balaban J connectivity index is 1.95. The normalized spacial score (nSPS) is 10.2. The summed E-state index contributed by atoms with van der Waals surface area (Å²) in [5, 5.41) is 2.79. The SMILES string of the molecule is CCOc1ccccc1C(=O)NCCc1ccccc1F. The molecule has 0 spiro atoms. The van der Waals surface area contributed by atoms with Crippen molar-refractivity contribution in [3.8, 4) is 5.75 Å². The standard InChI is InChI=1S/C17H18FNO2/c1-2-21-16-10-6-4-8-14(16)17(20)19-12-11-13-7-3-5-9-15(13)18/h3-10H,2,11-12H2,1H3,(H,19,20). The molecule has 0 aromatic heterocycles. The number of amides is 1. The number of para-hydroxylation sites is 1. The zero-order valence-electron chi connectivity index (χ0n) is 11.9. The predicted octanol–water partition coefficient (Wildman–Crippen LogP) is 3.20. The van der Waals surface area contributed by atoms with Crippen molar-refractivity contribution in [2.45, 2.75) is 13.3 Å². The van der Waals surface area contributed by atoms with Gasteiger partial charge >= 0.3 is 0 Å². The molecular formula is C17H18FNO2. The lowest BCUT2D eigenvalue weighted by molar-refractivity contribution is 0.0950. The fourth-order valence-electron chi connectivity index (χ4n) is 2.04. The second-order valence-electron chi connectivity index (χ2n) is 4.53. The quantitative estimate of drug-likeness (QED) is 0.886. The van der Waals surface area contributed by atoms with Crippen LogP contribution in [0, 0.1) is 5.82 Å². The average molecular weight is 287 g/mol. The van der Waals surface area contributed by atoms with Gasteiger partial charge < -0.3 is 10.1 Å². The van der Waals surface area contributed by atoms with E-state index in [-0.39, 0.29) is 11.7 Å². The third kappa shape index (κ3) is 4.05. The van der Waals surface area contributed by atoms with Crippen molar-refractivity contribution in [2.75, 3.05) is 13.2 Å². The largest absolute Gasteiger partial charge is 0.493 e. The van der Waals surface area contributed by atoms with Crippen LogP contribution in [-0.2, 0) is 6.42 Å². The molecule has 2 aromatic rings. The van der Waals surface area contributed by atoms with Crippen LogP contribution in [0.15, 0.2) is 48.5 Å². The van der Waals surface area contributed by atoms with E-state index in [4.69, 9.17) is 4.74 Å². The fraction of sp³-hybridized carbons (Fsp3) is 0.235. The molecule has 0 aliphatic carbocycles. The minimum atomic E-state index is -0.249. The summed E-state index contributed by atoms with van der Waals surface area (Å²) in [5.41, 5.74) is 1.09. The molecule has 4 heteroatoms.